The number of hydrogen-bond donors (Lipinski definition) is 0. The third-order valence-corrected chi connectivity index (χ3v) is 6.00. The fourth-order valence-electron chi connectivity index (χ4n) is 4.56. The summed E-state index contributed by atoms with van der Waals surface area (Å²) in [5.41, 5.74) is 9.58. The van der Waals surface area contributed by atoms with Gasteiger partial charge in [-0.2, -0.15) is 0 Å². The Balaban J connectivity index is 1.84. The van der Waals surface area contributed by atoms with Crippen LogP contribution in [0.15, 0.2) is 24.4 Å². The predicted molar refractivity (Wildman–Crippen MR) is 117 cm³/mol. The highest BCUT2D eigenvalue weighted by Gasteiger charge is 2.27. The molecule has 0 saturated heterocycles. The van der Waals surface area contributed by atoms with Gasteiger partial charge in [0.25, 0.3) is 0 Å². The van der Waals surface area contributed by atoms with Crippen LogP contribution in [0, 0.1) is 33.6 Å². The number of aryl methyl sites for hydroxylation is 5. The molecular formula is C25H32N2O. The summed E-state index contributed by atoms with van der Waals surface area (Å²) in [4.78, 5) is 4.94. The zero-order chi connectivity index (χ0) is 20.0. The molecule has 3 aromatic rings. The summed E-state index contributed by atoms with van der Waals surface area (Å²) >= 11 is 0. The summed E-state index contributed by atoms with van der Waals surface area (Å²) in [6, 6.07) is 6.63. The van der Waals surface area contributed by atoms with Crippen LogP contribution in [-0.2, 0) is 7.05 Å². The van der Waals surface area contributed by atoms with Crippen LogP contribution in [0.3, 0.4) is 0 Å². The maximum atomic E-state index is 6.56. The van der Waals surface area contributed by atoms with Crippen molar-refractivity contribution in [3.05, 3.63) is 46.8 Å². The molecule has 1 fully saturated rings. The standard InChI is InChI=1S/C25H32N2O/c1-7-20(13-19-8-9-19)28-22-12-18(5)26-24-21(14-27(6)25(22)24)23-16(3)10-15(2)11-17(23)4/h10-12,14,19-20H,7-9,13H2,1-6H3. The molecule has 1 aliphatic carbocycles. The second-order valence-electron chi connectivity index (χ2n) is 8.71. The molecule has 2 aromatic heterocycles. The van der Waals surface area contributed by atoms with Crippen molar-refractivity contribution in [3.8, 4) is 16.9 Å². The molecule has 0 spiro atoms. The van der Waals surface area contributed by atoms with Crippen molar-refractivity contribution < 1.29 is 4.74 Å². The second-order valence-corrected chi connectivity index (χ2v) is 8.71. The fraction of sp³-hybridized carbons (Fsp3) is 0.480. The maximum Gasteiger partial charge on any atom is 0.147 e. The van der Waals surface area contributed by atoms with Crippen molar-refractivity contribution in [1.82, 2.24) is 9.55 Å². The summed E-state index contributed by atoms with van der Waals surface area (Å²) < 4.78 is 8.75. The highest BCUT2D eigenvalue weighted by Crippen LogP contribution is 2.39. The number of rotatable bonds is 6. The Morgan fingerprint density at radius 2 is 1.79 bits per heavy atom. The molecule has 1 aromatic carbocycles. The van der Waals surface area contributed by atoms with Gasteiger partial charge in [0.05, 0.1) is 6.10 Å². The molecule has 1 unspecified atom stereocenters. The van der Waals surface area contributed by atoms with Gasteiger partial charge in [-0.25, -0.2) is 0 Å². The van der Waals surface area contributed by atoms with Gasteiger partial charge in [0.15, 0.2) is 0 Å². The van der Waals surface area contributed by atoms with E-state index in [0.29, 0.717) is 6.10 Å². The third kappa shape index (κ3) is 3.55. The quantitative estimate of drug-likeness (QED) is 0.495. The Labute approximate surface area is 168 Å². The van der Waals surface area contributed by atoms with Gasteiger partial charge in [0.1, 0.15) is 16.8 Å². The molecule has 0 aliphatic heterocycles. The summed E-state index contributed by atoms with van der Waals surface area (Å²) in [6.45, 7) is 10.9. The van der Waals surface area contributed by atoms with E-state index in [1.807, 2.05) is 0 Å². The van der Waals surface area contributed by atoms with Crippen molar-refractivity contribution in [2.24, 2.45) is 13.0 Å². The number of ether oxygens (including phenoxy) is 1. The van der Waals surface area contributed by atoms with E-state index in [4.69, 9.17) is 9.72 Å². The minimum Gasteiger partial charge on any atom is -0.488 e. The van der Waals surface area contributed by atoms with E-state index in [0.717, 1.165) is 34.8 Å². The van der Waals surface area contributed by atoms with E-state index in [9.17, 15) is 0 Å². The van der Waals surface area contributed by atoms with E-state index in [2.05, 4.69) is 70.6 Å². The van der Waals surface area contributed by atoms with E-state index >= 15 is 0 Å². The first-order chi connectivity index (χ1) is 13.4. The molecule has 0 N–H and O–H groups in total. The summed E-state index contributed by atoms with van der Waals surface area (Å²) in [7, 11) is 2.11. The molecular weight excluding hydrogens is 344 g/mol. The monoisotopic (exact) mass is 376 g/mol. The molecule has 0 amide bonds. The zero-order valence-electron chi connectivity index (χ0n) is 18.1. The number of fused-ring (bicyclic) bond motifs is 1. The lowest BCUT2D eigenvalue weighted by Gasteiger charge is -2.19. The first-order valence-corrected chi connectivity index (χ1v) is 10.6. The molecule has 2 heterocycles. The number of nitrogens with zero attached hydrogens (tertiary/aromatic N) is 2. The predicted octanol–water partition coefficient (Wildman–Crippen LogP) is 6.43. The summed E-state index contributed by atoms with van der Waals surface area (Å²) in [5.74, 6) is 1.84. The molecule has 3 nitrogen and oxygen atoms in total. The lowest BCUT2D eigenvalue weighted by Crippen LogP contribution is -2.16. The molecule has 1 aliphatic rings. The van der Waals surface area contributed by atoms with Crippen molar-refractivity contribution in [1.29, 1.82) is 0 Å². The van der Waals surface area contributed by atoms with Gasteiger partial charge in [-0.3, -0.25) is 4.98 Å². The lowest BCUT2D eigenvalue weighted by molar-refractivity contribution is 0.181. The van der Waals surface area contributed by atoms with Gasteiger partial charge in [0.2, 0.25) is 0 Å². The van der Waals surface area contributed by atoms with Crippen molar-refractivity contribution in [2.45, 2.75) is 66.4 Å². The Bertz CT molecular complexity index is 1000. The molecule has 1 saturated carbocycles. The Hall–Kier alpha value is -2.29. The first kappa shape index (κ1) is 19.0. The minimum atomic E-state index is 0.290. The molecule has 3 heteroatoms. The maximum absolute atomic E-state index is 6.56. The van der Waals surface area contributed by atoms with Gasteiger partial charge < -0.3 is 9.30 Å². The van der Waals surface area contributed by atoms with Crippen LogP contribution in [0.5, 0.6) is 5.75 Å². The number of hydrogen-bond acceptors (Lipinski definition) is 2. The minimum absolute atomic E-state index is 0.290. The summed E-state index contributed by atoms with van der Waals surface area (Å²) in [6.07, 6.45) is 7.46. The van der Waals surface area contributed by atoms with Crippen LogP contribution in [0.4, 0.5) is 0 Å². The normalized spacial score (nSPS) is 15.2. The van der Waals surface area contributed by atoms with E-state index in [1.54, 1.807) is 0 Å². The van der Waals surface area contributed by atoms with E-state index in [-0.39, 0.29) is 0 Å². The van der Waals surface area contributed by atoms with Gasteiger partial charge in [-0.15, -0.1) is 0 Å². The molecule has 148 valence electrons. The molecule has 1 atom stereocenters. The number of aromatic nitrogens is 2. The Morgan fingerprint density at radius 3 is 2.39 bits per heavy atom. The van der Waals surface area contributed by atoms with Crippen molar-refractivity contribution in [2.75, 3.05) is 0 Å². The average Bonchev–Trinajstić information content (AvgIpc) is 3.37. The Kier molecular flexibility index (Phi) is 4.95. The average molecular weight is 377 g/mol. The third-order valence-electron chi connectivity index (χ3n) is 6.00. The fourth-order valence-corrected chi connectivity index (χ4v) is 4.56. The second kappa shape index (κ2) is 7.27. The smallest absolute Gasteiger partial charge is 0.147 e. The number of benzene rings is 1. The largest absolute Gasteiger partial charge is 0.488 e. The van der Waals surface area contributed by atoms with Gasteiger partial charge >= 0.3 is 0 Å². The van der Waals surface area contributed by atoms with Crippen LogP contribution in [0.2, 0.25) is 0 Å². The first-order valence-electron chi connectivity index (χ1n) is 10.6. The molecule has 28 heavy (non-hydrogen) atoms. The van der Waals surface area contributed by atoms with Crippen LogP contribution >= 0.6 is 0 Å². The van der Waals surface area contributed by atoms with Gasteiger partial charge in [-0.1, -0.05) is 37.5 Å². The molecule has 4 rings (SSSR count). The SMILES string of the molecule is CCC(CC1CC1)Oc1cc(C)nc2c(-c3c(C)cc(C)cc3C)cn(C)c12. The van der Waals surface area contributed by atoms with Crippen molar-refractivity contribution in [3.63, 3.8) is 0 Å². The van der Waals surface area contributed by atoms with Gasteiger partial charge in [0, 0.05) is 30.6 Å². The van der Waals surface area contributed by atoms with Crippen LogP contribution in [0.1, 0.15) is 55.0 Å². The van der Waals surface area contributed by atoms with Crippen LogP contribution in [-0.4, -0.2) is 15.7 Å². The topological polar surface area (TPSA) is 27.1 Å². The van der Waals surface area contributed by atoms with Crippen LogP contribution < -0.4 is 4.74 Å². The molecule has 0 radical (unpaired) electrons. The Morgan fingerprint density at radius 1 is 1.11 bits per heavy atom. The van der Waals surface area contributed by atoms with E-state index in [1.165, 1.54) is 47.1 Å². The summed E-state index contributed by atoms with van der Waals surface area (Å²) in [5, 5.41) is 0. The van der Waals surface area contributed by atoms with E-state index < -0.39 is 0 Å². The number of pyridine rings is 1. The zero-order valence-corrected chi connectivity index (χ0v) is 18.1. The highest BCUT2D eigenvalue weighted by molar-refractivity contribution is 5.97. The van der Waals surface area contributed by atoms with Gasteiger partial charge in [-0.05, 0) is 63.1 Å². The van der Waals surface area contributed by atoms with Crippen LogP contribution in [0.25, 0.3) is 22.2 Å². The molecule has 0 bridgehead atoms. The lowest BCUT2D eigenvalue weighted by atomic mass is 9.95. The highest BCUT2D eigenvalue weighted by atomic mass is 16.5. The van der Waals surface area contributed by atoms with Crippen molar-refractivity contribution >= 4 is 11.0 Å².